The second kappa shape index (κ2) is 6.15. The van der Waals surface area contributed by atoms with E-state index in [1.165, 1.54) is 5.57 Å². The third-order valence-corrected chi connectivity index (χ3v) is 3.60. The molecule has 0 fully saturated rings. The first kappa shape index (κ1) is 14.2. The predicted molar refractivity (Wildman–Crippen MR) is 70.7 cm³/mol. The van der Waals surface area contributed by atoms with Gasteiger partial charge in [0.1, 0.15) is 0 Å². The Hall–Kier alpha value is -0.890. The van der Waals surface area contributed by atoms with Crippen molar-refractivity contribution in [1.29, 1.82) is 0 Å². The summed E-state index contributed by atoms with van der Waals surface area (Å²) in [6, 6.07) is 0. The second-order valence-corrected chi connectivity index (χ2v) is 5.48. The Morgan fingerprint density at radius 1 is 1.59 bits per heavy atom. The monoisotopic (exact) mass is 236 g/mol. The molecule has 1 aliphatic rings. The number of hydrogen-bond donors (Lipinski definition) is 1. The van der Waals surface area contributed by atoms with E-state index in [0.29, 0.717) is 12.3 Å². The summed E-state index contributed by atoms with van der Waals surface area (Å²) in [6.07, 6.45) is 6.03. The molecule has 0 heterocycles. The minimum absolute atomic E-state index is 0.000683. The van der Waals surface area contributed by atoms with Crippen molar-refractivity contribution in [2.45, 2.75) is 53.1 Å². The zero-order valence-electron chi connectivity index (χ0n) is 11.4. The topological polar surface area (TPSA) is 37.3 Å². The SMILES string of the molecule is CC(C)=CCC[C@@H](C)[C@@H]1C[C@@H](O)C(C)=CC1=O. The molecule has 0 saturated carbocycles. The van der Waals surface area contributed by atoms with Crippen molar-refractivity contribution in [3.05, 3.63) is 23.3 Å². The largest absolute Gasteiger partial charge is 0.389 e. The van der Waals surface area contributed by atoms with Gasteiger partial charge in [-0.15, -0.1) is 0 Å². The molecule has 3 atom stereocenters. The maximum atomic E-state index is 11.9. The summed E-state index contributed by atoms with van der Waals surface area (Å²) in [5.74, 6) is 0.536. The average molecular weight is 236 g/mol. The van der Waals surface area contributed by atoms with Crippen molar-refractivity contribution in [3.8, 4) is 0 Å². The van der Waals surface area contributed by atoms with Crippen LogP contribution in [0.1, 0.15) is 47.0 Å². The molecule has 1 N–H and O–H groups in total. The summed E-state index contributed by atoms with van der Waals surface area (Å²) in [6.45, 7) is 8.12. The number of hydrogen-bond acceptors (Lipinski definition) is 2. The Balaban J connectivity index is 2.55. The van der Waals surface area contributed by atoms with Gasteiger partial charge >= 0.3 is 0 Å². The standard InChI is InChI=1S/C15H24O2/c1-10(2)6-5-7-11(3)13-9-14(16)12(4)8-15(13)17/h6,8,11,13-14,16H,5,7,9H2,1-4H3/t11-,13+,14-/m1/s1. The van der Waals surface area contributed by atoms with Gasteiger partial charge in [0, 0.05) is 5.92 Å². The number of aliphatic hydroxyl groups is 1. The fourth-order valence-corrected chi connectivity index (χ4v) is 2.32. The number of carbonyl (C=O) groups excluding carboxylic acids is 1. The third kappa shape index (κ3) is 4.12. The van der Waals surface area contributed by atoms with Crippen molar-refractivity contribution < 1.29 is 9.90 Å². The number of allylic oxidation sites excluding steroid dienone is 3. The fourth-order valence-electron chi connectivity index (χ4n) is 2.32. The van der Waals surface area contributed by atoms with Gasteiger partial charge < -0.3 is 5.11 Å². The second-order valence-electron chi connectivity index (χ2n) is 5.48. The van der Waals surface area contributed by atoms with Gasteiger partial charge in [0.15, 0.2) is 5.78 Å². The van der Waals surface area contributed by atoms with Crippen molar-refractivity contribution in [2.24, 2.45) is 11.8 Å². The van der Waals surface area contributed by atoms with Crippen molar-refractivity contribution in [2.75, 3.05) is 0 Å². The van der Waals surface area contributed by atoms with Gasteiger partial charge in [0.05, 0.1) is 6.10 Å². The van der Waals surface area contributed by atoms with Crippen LogP contribution in [0.5, 0.6) is 0 Å². The van der Waals surface area contributed by atoms with Crippen LogP contribution in [0.2, 0.25) is 0 Å². The Kier molecular flexibility index (Phi) is 5.13. The molecule has 0 unspecified atom stereocenters. The first-order chi connectivity index (χ1) is 7.91. The Labute approximate surface area is 104 Å². The van der Waals surface area contributed by atoms with E-state index in [4.69, 9.17) is 0 Å². The van der Waals surface area contributed by atoms with E-state index in [-0.39, 0.29) is 11.7 Å². The number of carbonyl (C=O) groups is 1. The molecule has 0 saturated heterocycles. The molecule has 0 aromatic carbocycles. The molecule has 1 aliphatic carbocycles. The average Bonchev–Trinajstić information content (AvgIpc) is 2.22. The van der Waals surface area contributed by atoms with Gasteiger partial charge in [-0.3, -0.25) is 4.79 Å². The van der Waals surface area contributed by atoms with Gasteiger partial charge in [0.25, 0.3) is 0 Å². The molecular weight excluding hydrogens is 212 g/mol. The molecule has 2 heteroatoms. The van der Waals surface area contributed by atoms with E-state index < -0.39 is 6.10 Å². The molecule has 0 aromatic rings. The first-order valence-corrected chi connectivity index (χ1v) is 6.45. The summed E-state index contributed by atoms with van der Waals surface area (Å²) < 4.78 is 0. The minimum Gasteiger partial charge on any atom is -0.389 e. The molecule has 0 spiro atoms. The van der Waals surface area contributed by atoms with Crippen molar-refractivity contribution in [3.63, 3.8) is 0 Å². The highest BCUT2D eigenvalue weighted by Crippen LogP contribution is 2.29. The molecular formula is C15H24O2. The predicted octanol–water partition coefficient (Wildman–Crippen LogP) is 3.27. The van der Waals surface area contributed by atoms with Crippen LogP contribution in [0.3, 0.4) is 0 Å². The molecule has 0 aliphatic heterocycles. The van der Waals surface area contributed by atoms with E-state index in [1.54, 1.807) is 6.08 Å². The fraction of sp³-hybridized carbons (Fsp3) is 0.667. The Morgan fingerprint density at radius 2 is 2.24 bits per heavy atom. The van der Waals surface area contributed by atoms with E-state index in [2.05, 4.69) is 26.8 Å². The highest BCUT2D eigenvalue weighted by Gasteiger charge is 2.30. The van der Waals surface area contributed by atoms with Crippen LogP contribution in [0, 0.1) is 11.8 Å². The molecule has 0 aromatic heterocycles. The lowest BCUT2D eigenvalue weighted by Gasteiger charge is -2.28. The minimum atomic E-state index is -0.427. The van der Waals surface area contributed by atoms with Crippen LogP contribution in [0.15, 0.2) is 23.3 Å². The Morgan fingerprint density at radius 3 is 2.82 bits per heavy atom. The van der Waals surface area contributed by atoms with E-state index in [1.807, 2.05) is 6.92 Å². The zero-order valence-corrected chi connectivity index (χ0v) is 11.4. The first-order valence-electron chi connectivity index (χ1n) is 6.45. The van der Waals surface area contributed by atoms with Gasteiger partial charge in [0.2, 0.25) is 0 Å². The van der Waals surface area contributed by atoms with Gasteiger partial charge in [-0.1, -0.05) is 18.6 Å². The Bertz CT molecular complexity index is 335. The van der Waals surface area contributed by atoms with Crippen LogP contribution in [-0.4, -0.2) is 17.0 Å². The highest BCUT2D eigenvalue weighted by atomic mass is 16.3. The quantitative estimate of drug-likeness (QED) is 0.761. The lowest BCUT2D eigenvalue weighted by molar-refractivity contribution is -0.121. The number of aliphatic hydroxyl groups excluding tert-OH is 1. The van der Waals surface area contributed by atoms with Crippen molar-refractivity contribution >= 4 is 5.78 Å². The molecule has 0 radical (unpaired) electrons. The molecule has 2 nitrogen and oxygen atoms in total. The third-order valence-electron chi connectivity index (χ3n) is 3.60. The molecule has 0 bridgehead atoms. The summed E-state index contributed by atoms with van der Waals surface area (Å²) in [5.41, 5.74) is 2.13. The van der Waals surface area contributed by atoms with E-state index >= 15 is 0 Å². The maximum Gasteiger partial charge on any atom is 0.159 e. The molecule has 1 rings (SSSR count). The summed E-state index contributed by atoms with van der Waals surface area (Å²) in [7, 11) is 0. The van der Waals surface area contributed by atoms with Crippen LogP contribution >= 0.6 is 0 Å². The lowest BCUT2D eigenvalue weighted by atomic mass is 9.78. The van der Waals surface area contributed by atoms with Gasteiger partial charge in [-0.05, 0) is 57.6 Å². The van der Waals surface area contributed by atoms with Gasteiger partial charge in [-0.25, -0.2) is 0 Å². The smallest absolute Gasteiger partial charge is 0.159 e. The van der Waals surface area contributed by atoms with Crippen LogP contribution in [0.4, 0.5) is 0 Å². The zero-order chi connectivity index (χ0) is 13.0. The summed E-state index contributed by atoms with van der Waals surface area (Å²) >= 11 is 0. The van der Waals surface area contributed by atoms with Gasteiger partial charge in [-0.2, -0.15) is 0 Å². The lowest BCUT2D eigenvalue weighted by Crippen LogP contribution is -2.30. The van der Waals surface area contributed by atoms with E-state index in [9.17, 15) is 9.90 Å². The van der Waals surface area contributed by atoms with Crippen LogP contribution in [-0.2, 0) is 4.79 Å². The molecule has 17 heavy (non-hydrogen) atoms. The van der Waals surface area contributed by atoms with Crippen molar-refractivity contribution in [1.82, 2.24) is 0 Å². The molecule has 0 amide bonds. The van der Waals surface area contributed by atoms with Crippen LogP contribution in [0.25, 0.3) is 0 Å². The number of ketones is 1. The van der Waals surface area contributed by atoms with Crippen LogP contribution < -0.4 is 0 Å². The highest BCUT2D eigenvalue weighted by molar-refractivity contribution is 5.93. The van der Waals surface area contributed by atoms with E-state index in [0.717, 1.165) is 18.4 Å². The maximum absolute atomic E-state index is 11.9. The summed E-state index contributed by atoms with van der Waals surface area (Å²) in [5, 5.41) is 9.80. The normalized spacial score (nSPS) is 26.4. The summed E-state index contributed by atoms with van der Waals surface area (Å²) in [4.78, 5) is 11.9. The molecule has 96 valence electrons. The number of rotatable bonds is 4.